The molecule has 1 N–H and O–H groups in total. The Labute approximate surface area is 267 Å². The molecule has 1 aromatic heterocycles. The number of nitrogens with zero attached hydrogens (tertiary/aromatic N) is 3. The first-order valence-electron chi connectivity index (χ1n) is 14.6. The molecule has 3 heterocycles. The van der Waals surface area contributed by atoms with Crippen LogP contribution < -0.4 is 19.1 Å². The molecule has 6 rings (SSSR count). The number of hydrogen-bond acceptors (Lipinski definition) is 10. The molecule has 0 radical (unpaired) electrons. The van der Waals surface area contributed by atoms with E-state index < -0.39 is 17.7 Å². The molecule has 4 aromatic rings. The van der Waals surface area contributed by atoms with Crippen molar-refractivity contribution in [2.45, 2.75) is 42.3 Å². The Balaban J connectivity index is 1.37. The quantitative estimate of drug-likeness (QED) is 0.0462. The first kappa shape index (κ1) is 30.6. The predicted molar refractivity (Wildman–Crippen MR) is 170 cm³/mol. The van der Waals surface area contributed by atoms with E-state index in [4.69, 9.17) is 14.2 Å². The normalized spacial score (nSPS) is 17.1. The maximum absolute atomic E-state index is 13.7. The number of aromatic nitrogens is 2. The molecule has 45 heavy (non-hydrogen) atoms. The number of unbranched alkanes of at least 4 members (excludes halogenated alkanes) is 2. The number of ketones is 1. The summed E-state index contributed by atoms with van der Waals surface area (Å²) in [5.74, 6) is -0.281. The zero-order valence-electron chi connectivity index (χ0n) is 24.4. The smallest absolute Gasteiger partial charge is 0.301 e. The van der Waals surface area contributed by atoms with Crippen LogP contribution in [0.4, 0.5) is 9.52 Å². The molecule has 0 bridgehead atoms. The molecule has 1 amide bonds. The maximum Gasteiger partial charge on any atom is 0.301 e. The van der Waals surface area contributed by atoms with Crippen LogP contribution in [0, 0.1) is 5.82 Å². The molecule has 1 atom stereocenters. The van der Waals surface area contributed by atoms with E-state index in [1.54, 1.807) is 48.5 Å². The number of aliphatic hydroxyl groups is 1. The first-order chi connectivity index (χ1) is 21.9. The third-order valence-corrected chi connectivity index (χ3v) is 9.45. The summed E-state index contributed by atoms with van der Waals surface area (Å²) in [5.41, 5.74) is 1.68. The van der Waals surface area contributed by atoms with Crippen LogP contribution in [0.1, 0.15) is 48.9 Å². The topological polar surface area (TPSA) is 111 Å². The molecule has 2 aliphatic heterocycles. The van der Waals surface area contributed by atoms with Crippen LogP contribution >= 0.6 is 23.1 Å². The third-order valence-electron chi connectivity index (χ3n) is 7.33. The van der Waals surface area contributed by atoms with Gasteiger partial charge in [-0.1, -0.05) is 67.1 Å². The number of aliphatic hydroxyl groups excluding tert-OH is 1. The monoisotopic (exact) mass is 647 g/mol. The van der Waals surface area contributed by atoms with Gasteiger partial charge in [0.1, 0.15) is 30.5 Å². The lowest BCUT2D eigenvalue weighted by molar-refractivity contribution is -0.132. The van der Waals surface area contributed by atoms with Gasteiger partial charge in [0.2, 0.25) is 5.13 Å². The van der Waals surface area contributed by atoms with Gasteiger partial charge >= 0.3 is 5.91 Å². The lowest BCUT2D eigenvalue weighted by Crippen LogP contribution is -2.29. The molecule has 2 aliphatic rings. The van der Waals surface area contributed by atoms with Gasteiger partial charge in [0, 0.05) is 11.3 Å². The number of thioether (sulfide) groups is 1. The van der Waals surface area contributed by atoms with E-state index in [0.29, 0.717) is 58.3 Å². The van der Waals surface area contributed by atoms with Gasteiger partial charge in [0.05, 0.1) is 18.2 Å². The van der Waals surface area contributed by atoms with Crippen LogP contribution in [0.3, 0.4) is 0 Å². The number of anilines is 1. The highest BCUT2D eigenvalue weighted by Gasteiger charge is 2.48. The molecule has 0 spiro atoms. The Hall–Kier alpha value is -4.42. The number of carbonyl (C=O) groups excluding carboxylic acids is 2. The van der Waals surface area contributed by atoms with Crippen molar-refractivity contribution >= 4 is 45.7 Å². The van der Waals surface area contributed by atoms with E-state index in [2.05, 4.69) is 17.1 Å². The number of hydrogen-bond donors (Lipinski definition) is 1. The summed E-state index contributed by atoms with van der Waals surface area (Å²) in [6.45, 7) is 3.41. The van der Waals surface area contributed by atoms with Crippen molar-refractivity contribution in [1.29, 1.82) is 0 Å². The number of ether oxygens (including phenoxy) is 3. The minimum Gasteiger partial charge on any atom is -0.507 e. The van der Waals surface area contributed by atoms with Gasteiger partial charge < -0.3 is 19.3 Å². The van der Waals surface area contributed by atoms with Gasteiger partial charge in [0.15, 0.2) is 15.8 Å². The number of carbonyl (C=O) groups is 2. The second-order valence-electron chi connectivity index (χ2n) is 10.4. The molecule has 1 saturated heterocycles. The van der Waals surface area contributed by atoms with Gasteiger partial charge in [0.25, 0.3) is 5.78 Å². The molecule has 232 valence electrons. The average molecular weight is 648 g/mol. The summed E-state index contributed by atoms with van der Waals surface area (Å²) in [6, 6.07) is 17.2. The predicted octanol–water partition coefficient (Wildman–Crippen LogP) is 6.94. The number of benzene rings is 3. The summed E-state index contributed by atoms with van der Waals surface area (Å²) < 4.78 is 31.2. The zero-order chi connectivity index (χ0) is 31.3. The molecule has 12 heteroatoms. The summed E-state index contributed by atoms with van der Waals surface area (Å²) in [4.78, 5) is 28.6. The third kappa shape index (κ3) is 6.66. The Morgan fingerprint density at radius 1 is 1.04 bits per heavy atom. The molecule has 9 nitrogen and oxygen atoms in total. The van der Waals surface area contributed by atoms with Crippen LogP contribution in [0.15, 0.2) is 76.6 Å². The van der Waals surface area contributed by atoms with Crippen molar-refractivity contribution in [2.75, 3.05) is 24.7 Å². The SMILES string of the molecule is CCCCCOc1cccc([C@@H]2C(=C(O)c3ccc4c(c3)OCCO4)C(=O)C(=O)N2c2nnc(SCc3ccc(F)cc3)s2)c1. The van der Waals surface area contributed by atoms with Crippen LogP contribution in [0.25, 0.3) is 5.76 Å². The zero-order valence-corrected chi connectivity index (χ0v) is 26.0. The minimum absolute atomic E-state index is 0.0875. The summed E-state index contributed by atoms with van der Waals surface area (Å²) in [6.07, 6.45) is 2.99. The van der Waals surface area contributed by atoms with Crippen molar-refractivity contribution < 1.29 is 33.3 Å². The van der Waals surface area contributed by atoms with Crippen LogP contribution in [0.5, 0.6) is 17.2 Å². The lowest BCUT2D eigenvalue weighted by atomic mass is 9.95. The molecule has 0 saturated carbocycles. The van der Waals surface area contributed by atoms with E-state index in [1.807, 2.05) is 6.07 Å². The van der Waals surface area contributed by atoms with Crippen LogP contribution in [-0.4, -0.2) is 46.8 Å². The molecular weight excluding hydrogens is 618 g/mol. The van der Waals surface area contributed by atoms with E-state index in [9.17, 15) is 19.1 Å². The highest BCUT2D eigenvalue weighted by molar-refractivity contribution is 8.00. The maximum atomic E-state index is 13.7. The summed E-state index contributed by atoms with van der Waals surface area (Å²) in [5, 5.41) is 20.3. The fraction of sp³-hybridized carbons (Fsp3) is 0.273. The van der Waals surface area contributed by atoms with E-state index >= 15 is 0 Å². The van der Waals surface area contributed by atoms with Crippen molar-refractivity contribution in [1.82, 2.24) is 10.2 Å². The minimum atomic E-state index is -1.000. The van der Waals surface area contributed by atoms with Gasteiger partial charge in [-0.3, -0.25) is 14.5 Å². The molecular formula is C33H30FN3O6S2. The number of fused-ring (bicyclic) bond motifs is 1. The molecule has 3 aromatic carbocycles. The second kappa shape index (κ2) is 13.7. The first-order valence-corrected chi connectivity index (χ1v) is 16.4. The van der Waals surface area contributed by atoms with Crippen molar-refractivity contribution in [2.24, 2.45) is 0 Å². The lowest BCUT2D eigenvalue weighted by Gasteiger charge is -2.23. The van der Waals surface area contributed by atoms with Crippen molar-refractivity contribution in [3.8, 4) is 17.2 Å². The van der Waals surface area contributed by atoms with E-state index in [0.717, 1.165) is 36.2 Å². The molecule has 1 fully saturated rings. The van der Waals surface area contributed by atoms with Gasteiger partial charge in [-0.15, -0.1) is 10.2 Å². The summed E-state index contributed by atoms with van der Waals surface area (Å²) >= 11 is 2.54. The Morgan fingerprint density at radius 3 is 2.64 bits per heavy atom. The van der Waals surface area contributed by atoms with E-state index in [1.165, 1.54) is 28.8 Å². The Bertz CT molecular complexity index is 1740. The molecule has 0 aliphatic carbocycles. The van der Waals surface area contributed by atoms with Crippen molar-refractivity contribution in [3.05, 3.63) is 94.8 Å². The number of rotatable bonds is 11. The highest BCUT2D eigenvalue weighted by atomic mass is 32.2. The van der Waals surface area contributed by atoms with Gasteiger partial charge in [-0.05, 0) is 60.0 Å². The van der Waals surface area contributed by atoms with Gasteiger partial charge in [-0.2, -0.15) is 0 Å². The highest BCUT2D eigenvalue weighted by Crippen LogP contribution is 2.45. The fourth-order valence-electron chi connectivity index (χ4n) is 5.09. The van der Waals surface area contributed by atoms with Crippen LogP contribution in [0.2, 0.25) is 0 Å². The number of amides is 1. The van der Waals surface area contributed by atoms with Gasteiger partial charge in [-0.25, -0.2) is 4.39 Å². The Kier molecular flexibility index (Phi) is 9.31. The Morgan fingerprint density at radius 2 is 1.84 bits per heavy atom. The largest absolute Gasteiger partial charge is 0.507 e. The average Bonchev–Trinajstić information content (AvgIpc) is 3.64. The number of halogens is 1. The summed E-state index contributed by atoms with van der Waals surface area (Å²) in [7, 11) is 0. The second-order valence-corrected chi connectivity index (χ2v) is 12.6. The van der Waals surface area contributed by atoms with Crippen LogP contribution in [-0.2, 0) is 15.3 Å². The standard InChI is InChI=1S/C33H30FN3O6S2/c1-2-3-4-14-41-24-7-5-6-21(17-24)28-27(29(38)22-10-13-25-26(18-22)43-16-15-42-25)30(39)31(40)37(28)32-35-36-33(45-32)44-19-20-8-11-23(34)12-9-20/h5-13,17-18,28,38H,2-4,14-16,19H2,1H3/t28-/m1/s1. The van der Waals surface area contributed by atoms with Crippen molar-refractivity contribution in [3.63, 3.8) is 0 Å². The number of Topliss-reactive ketones (excluding diaryl/α,β-unsaturated/α-hetero) is 1. The fourth-order valence-corrected chi connectivity index (χ4v) is 6.92. The van der Waals surface area contributed by atoms with E-state index in [-0.39, 0.29) is 22.3 Å². The molecule has 0 unspecified atom stereocenters.